The number of hydrogen-bond acceptors (Lipinski definition) is 4. The van der Waals surface area contributed by atoms with Crippen molar-refractivity contribution in [2.75, 3.05) is 26.9 Å². The zero-order valence-corrected chi connectivity index (χ0v) is 15.9. The predicted molar refractivity (Wildman–Crippen MR) is 102 cm³/mol. The van der Waals surface area contributed by atoms with Gasteiger partial charge in [0.2, 0.25) is 0 Å². The van der Waals surface area contributed by atoms with Gasteiger partial charge in [0.15, 0.2) is 11.5 Å². The van der Waals surface area contributed by atoms with Gasteiger partial charge in [-0.2, -0.15) is 0 Å². The Hall–Kier alpha value is -1.91. The molecule has 0 aliphatic carbocycles. The maximum absolute atomic E-state index is 6.38. The Morgan fingerprint density at radius 2 is 1.60 bits per heavy atom. The van der Waals surface area contributed by atoms with Crippen molar-refractivity contribution in [3.63, 3.8) is 0 Å². The average Bonchev–Trinajstić information content (AvgIpc) is 2.62. The summed E-state index contributed by atoms with van der Waals surface area (Å²) in [4.78, 5) is 0. The van der Waals surface area contributed by atoms with E-state index in [-0.39, 0.29) is 0 Å². The first kappa shape index (κ1) is 19.4. The molecule has 0 aromatic heterocycles. The van der Waals surface area contributed by atoms with Gasteiger partial charge in [-0.3, -0.25) is 0 Å². The van der Waals surface area contributed by atoms with Crippen molar-refractivity contribution in [3.05, 3.63) is 52.5 Å². The number of nitrogens with one attached hydrogen (secondary N) is 1. The van der Waals surface area contributed by atoms with Crippen LogP contribution in [-0.2, 0) is 13.0 Å². The van der Waals surface area contributed by atoms with Gasteiger partial charge >= 0.3 is 0 Å². The van der Waals surface area contributed by atoms with Crippen molar-refractivity contribution in [2.45, 2.75) is 26.8 Å². The third-order valence-corrected chi connectivity index (χ3v) is 4.13. The molecule has 136 valence electrons. The van der Waals surface area contributed by atoms with Crippen LogP contribution in [0.4, 0.5) is 0 Å². The normalized spacial score (nSPS) is 10.6. The summed E-state index contributed by atoms with van der Waals surface area (Å²) in [5, 5.41) is 4.11. The second kappa shape index (κ2) is 10.2. The Bertz CT molecular complexity index is 659. The highest BCUT2D eigenvalue weighted by atomic mass is 35.5. The molecular weight excluding hydrogens is 338 g/mol. The minimum Gasteiger partial charge on any atom is -0.497 e. The van der Waals surface area contributed by atoms with Crippen molar-refractivity contribution >= 4 is 11.6 Å². The number of benzene rings is 2. The van der Waals surface area contributed by atoms with Gasteiger partial charge < -0.3 is 19.5 Å². The molecule has 0 radical (unpaired) electrons. The highest BCUT2D eigenvalue weighted by Crippen LogP contribution is 2.33. The van der Waals surface area contributed by atoms with Gasteiger partial charge in [0, 0.05) is 17.6 Å². The van der Waals surface area contributed by atoms with Crippen LogP contribution in [0.3, 0.4) is 0 Å². The van der Waals surface area contributed by atoms with Crippen LogP contribution >= 0.6 is 11.6 Å². The van der Waals surface area contributed by atoms with Gasteiger partial charge in [0.25, 0.3) is 0 Å². The molecule has 2 aromatic rings. The summed E-state index contributed by atoms with van der Waals surface area (Å²) in [7, 11) is 1.67. The van der Waals surface area contributed by atoms with Crippen molar-refractivity contribution in [3.8, 4) is 17.2 Å². The maximum atomic E-state index is 6.38. The van der Waals surface area contributed by atoms with Crippen LogP contribution < -0.4 is 19.5 Å². The third-order valence-electron chi connectivity index (χ3n) is 3.78. The van der Waals surface area contributed by atoms with E-state index in [9.17, 15) is 0 Å². The summed E-state index contributed by atoms with van der Waals surface area (Å²) < 4.78 is 16.4. The highest BCUT2D eigenvalue weighted by molar-refractivity contribution is 6.31. The molecule has 0 saturated carbocycles. The Morgan fingerprint density at radius 3 is 2.20 bits per heavy atom. The second-order valence-electron chi connectivity index (χ2n) is 5.53. The lowest BCUT2D eigenvalue weighted by Crippen LogP contribution is -2.17. The molecular formula is C20H26ClNO3. The molecule has 2 aromatic carbocycles. The standard InChI is InChI=1S/C20H26ClNO3/c1-4-24-19-12-16(18(21)13-20(19)25-5-2)14-22-11-10-15-6-8-17(23-3)9-7-15/h6-9,12-13,22H,4-5,10-11,14H2,1-3H3. The van der Waals surface area contributed by atoms with Crippen molar-refractivity contribution in [1.82, 2.24) is 5.32 Å². The largest absolute Gasteiger partial charge is 0.497 e. The van der Waals surface area contributed by atoms with Crippen LogP contribution in [0.15, 0.2) is 36.4 Å². The number of rotatable bonds is 10. The minimum absolute atomic E-state index is 0.579. The maximum Gasteiger partial charge on any atom is 0.162 e. The second-order valence-corrected chi connectivity index (χ2v) is 5.94. The van der Waals surface area contributed by atoms with Gasteiger partial charge in [-0.1, -0.05) is 23.7 Å². The summed E-state index contributed by atoms with van der Waals surface area (Å²) >= 11 is 6.38. The predicted octanol–water partition coefficient (Wildman–Crippen LogP) is 4.48. The number of methoxy groups -OCH3 is 1. The monoisotopic (exact) mass is 363 g/mol. The molecule has 0 atom stereocenters. The Labute approximate surface area is 155 Å². The van der Waals surface area contributed by atoms with E-state index in [0.717, 1.165) is 30.0 Å². The molecule has 0 spiro atoms. The smallest absolute Gasteiger partial charge is 0.162 e. The van der Waals surface area contributed by atoms with E-state index in [1.807, 2.05) is 38.1 Å². The molecule has 1 N–H and O–H groups in total. The summed E-state index contributed by atoms with van der Waals surface area (Å²) in [6.07, 6.45) is 0.941. The molecule has 25 heavy (non-hydrogen) atoms. The first-order valence-electron chi connectivity index (χ1n) is 8.59. The molecule has 0 heterocycles. The lowest BCUT2D eigenvalue weighted by Gasteiger charge is -2.14. The highest BCUT2D eigenvalue weighted by Gasteiger charge is 2.10. The van der Waals surface area contributed by atoms with Gasteiger partial charge in [-0.15, -0.1) is 0 Å². The molecule has 0 saturated heterocycles. The molecule has 0 bridgehead atoms. The van der Waals surface area contributed by atoms with Crippen LogP contribution in [0.1, 0.15) is 25.0 Å². The zero-order chi connectivity index (χ0) is 18.1. The molecule has 0 aliphatic heterocycles. The van der Waals surface area contributed by atoms with E-state index in [1.54, 1.807) is 7.11 Å². The number of ether oxygens (including phenoxy) is 3. The molecule has 4 nitrogen and oxygen atoms in total. The van der Waals surface area contributed by atoms with Crippen LogP contribution in [0.2, 0.25) is 5.02 Å². The summed E-state index contributed by atoms with van der Waals surface area (Å²) in [5.41, 5.74) is 2.27. The SMILES string of the molecule is CCOc1cc(Cl)c(CNCCc2ccc(OC)cc2)cc1OCC. The summed E-state index contributed by atoms with van der Waals surface area (Å²) in [5.74, 6) is 2.30. The molecule has 5 heteroatoms. The molecule has 0 aliphatic rings. The topological polar surface area (TPSA) is 39.7 Å². The minimum atomic E-state index is 0.579. The van der Waals surface area contributed by atoms with E-state index in [1.165, 1.54) is 5.56 Å². The lowest BCUT2D eigenvalue weighted by molar-refractivity contribution is 0.287. The lowest BCUT2D eigenvalue weighted by atomic mass is 10.1. The van der Waals surface area contributed by atoms with Crippen LogP contribution in [0.5, 0.6) is 17.2 Å². The van der Waals surface area contributed by atoms with Crippen molar-refractivity contribution in [1.29, 1.82) is 0 Å². The van der Waals surface area contributed by atoms with Crippen LogP contribution in [0, 0.1) is 0 Å². The first-order chi connectivity index (χ1) is 12.2. The van der Waals surface area contributed by atoms with E-state index in [0.29, 0.717) is 30.5 Å². The fourth-order valence-corrected chi connectivity index (χ4v) is 2.72. The van der Waals surface area contributed by atoms with E-state index in [2.05, 4.69) is 17.4 Å². The van der Waals surface area contributed by atoms with Gasteiger partial charge in [0.05, 0.1) is 20.3 Å². The first-order valence-corrected chi connectivity index (χ1v) is 8.97. The molecule has 0 amide bonds. The van der Waals surface area contributed by atoms with Gasteiger partial charge in [0.1, 0.15) is 5.75 Å². The summed E-state index contributed by atoms with van der Waals surface area (Å²) in [6.45, 7) is 6.61. The van der Waals surface area contributed by atoms with Crippen molar-refractivity contribution < 1.29 is 14.2 Å². The van der Waals surface area contributed by atoms with E-state index in [4.69, 9.17) is 25.8 Å². The summed E-state index contributed by atoms with van der Waals surface area (Å²) in [6, 6.07) is 11.9. The Kier molecular flexibility index (Phi) is 7.89. The van der Waals surface area contributed by atoms with Crippen molar-refractivity contribution in [2.24, 2.45) is 0 Å². The fraction of sp³-hybridized carbons (Fsp3) is 0.400. The van der Waals surface area contributed by atoms with Gasteiger partial charge in [-0.25, -0.2) is 0 Å². The fourth-order valence-electron chi connectivity index (χ4n) is 2.50. The molecule has 0 fully saturated rings. The number of halogens is 1. The quantitative estimate of drug-likeness (QED) is 0.632. The zero-order valence-electron chi connectivity index (χ0n) is 15.1. The van der Waals surface area contributed by atoms with Crippen LogP contribution in [-0.4, -0.2) is 26.9 Å². The van der Waals surface area contributed by atoms with Crippen LogP contribution in [0.25, 0.3) is 0 Å². The Morgan fingerprint density at radius 1 is 0.960 bits per heavy atom. The Balaban J connectivity index is 1.91. The number of hydrogen-bond donors (Lipinski definition) is 1. The van der Waals surface area contributed by atoms with Gasteiger partial charge in [-0.05, 0) is 56.1 Å². The third kappa shape index (κ3) is 5.83. The molecule has 2 rings (SSSR count). The van der Waals surface area contributed by atoms with E-state index < -0.39 is 0 Å². The van der Waals surface area contributed by atoms with E-state index >= 15 is 0 Å². The molecule has 0 unspecified atom stereocenters. The average molecular weight is 364 g/mol.